The Labute approximate surface area is 103 Å². The third kappa shape index (κ3) is 2.04. The zero-order chi connectivity index (χ0) is 11.9. The molecule has 0 N–H and O–H groups in total. The molecular weight excluding hydrogens is 270 g/mol. The third-order valence-corrected chi connectivity index (χ3v) is 3.24. The van der Waals surface area contributed by atoms with Crippen LogP contribution in [0.4, 0.5) is 0 Å². The molecular formula is C12H14BrNO2. The molecule has 0 fully saturated rings. The van der Waals surface area contributed by atoms with E-state index in [0.717, 1.165) is 15.7 Å². The second kappa shape index (κ2) is 3.93. The van der Waals surface area contributed by atoms with Crippen molar-refractivity contribution in [3.05, 3.63) is 27.5 Å². The Morgan fingerprint density at radius 1 is 1.44 bits per heavy atom. The molecule has 0 atom stereocenters. The number of pyridine rings is 1. The van der Waals surface area contributed by atoms with E-state index in [9.17, 15) is 4.79 Å². The van der Waals surface area contributed by atoms with Crippen molar-refractivity contribution in [1.82, 2.24) is 4.98 Å². The van der Waals surface area contributed by atoms with E-state index in [-0.39, 0.29) is 5.78 Å². The fourth-order valence-electron chi connectivity index (χ4n) is 1.63. The molecule has 0 radical (unpaired) electrons. The Morgan fingerprint density at radius 3 is 2.75 bits per heavy atom. The lowest BCUT2D eigenvalue weighted by Gasteiger charge is -2.16. The molecule has 0 aromatic carbocycles. The largest absolute Gasteiger partial charge is 0.372 e. The molecule has 1 aromatic heterocycles. The molecule has 0 amide bonds. The number of halogens is 1. The average molecular weight is 284 g/mol. The third-order valence-electron chi connectivity index (χ3n) is 2.58. The van der Waals surface area contributed by atoms with Crippen LogP contribution < -0.4 is 0 Å². The first kappa shape index (κ1) is 11.7. The maximum Gasteiger partial charge on any atom is 0.186 e. The Kier molecular flexibility index (Phi) is 2.88. The molecule has 16 heavy (non-hydrogen) atoms. The van der Waals surface area contributed by atoms with Crippen molar-refractivity contribution in [1.29, 1.82) is 0 Å². The van der Waals surface area contributed by atoms with Gasteiger partial charge < -0.3 is 4.74 Å². The Morgan fingerprint density at radius 2 is 2.12 bits per heavy atom. The number of ether oxygens (including phenoxy) is 1. The van der Waals surface area contributed by atoms with E-state index in [4.69, 9.17) is 4.74 Å². The lowest BCUT2D eigenvalue weighted by atomic mass is 9.88. The van der Waals surface area contributed by atoms with Gasteiger partial charge in [0.1, 0.15) is 10.3 Å². The van der Waals surface area contributed by atoms with Gasteiger partial charge in [-0.05, 0) is 27.6 Å². The highest BCUT2D eigenvalue weighted by atomic mass is 79.9. The topological polar surface area (TPSA) is 39.2 Å². The molecule has 1 aromatic rings. The van der Waals surface area contributed by atoms with Crippen molar-refractivity contribution in [2.24, 2.45) is 5.41 Å². The predicted octanol–water partition coefficient (Wildman–Crippen LogP) is 3.10. The molecule has 0 saturated heterocycles. The molecule has 3 nitrogen and oxygen atoms in total. The van der Waals surface area contributed by atoms with Gasteiger partial charge in [-0.2, -0.15) is 0 Å². The minimum Gasteiger partial charge on any atom is -0.372 e. The van der Waals surface area contributed by atoms with Gasteiger partial charge in [0.2, 0.25) is 0 Å². The maximum atomic E-state index is 12.1. The zero-order valence-electron chi connectivity index (χ0n) is 9.63. The minimum atomic E-state index is -0.403. The van der Waals surface area contributed by atoms with Crippen LogP contribution >= 0.6 is 15.9 Å². The van der Waals surface area contributed by atoms with Crippen LogP contribution in [0.3, 0.4) is 0 Å². The molecule has 86 valence electrons. The highest BCUT2D eigenvalue weighted by molar-refractivity contribution is 9.10. The maximum absolute atomic E-state index is 12.1. The average Bonchev–Trinajstić information content (AvgIpc) is 2.63. The molecule has 0 aliphatic carbocycles. The first-order valence-corrected chi connectivity index (χ1v) is 6.00. The number of nitrogens with zero attached hydrogens (tertiary/aromatic N) is 1. The molecule has 0 spiro atoms. The molecule has 1 aliphatic heterocycles. The number of rotatable bonds is 1. The highest BCUT2D eigenvalue weighted by Gasteiger charge is 2.26. The van der Waals surface area contributed by atoms with Crippen LogP contribution in [0.2, 0.25) is 0 Å². The van der Waals surface area contributed by atoms with Crippen molar-refractivity contribution in [3.63, 3.8) is 0 Å². The van der Waals surface area contributed by atoms with Crippen LogP contribution in [0, 0.1) is 5.41 Å². The van der Waals surface area contributed by atoms with Gasteiger partial charge >= 0.3 is 0 Å². The molecule has 0 bridgehead atoms. The van der Waals surface area contributed by atoms with Crippen LogP contribution in [0.5, 0.6) is 0 Å². The Hall–Kier alpha value is -0.740. The second-order valence-corrected chi connectivity index (χ2v) is 5.76. The SMILES string of the molecule is CC(C)(C)C(=O)c1cc2c(c(Br)n1)COC2. The summed E-state index contributed by atoms with van der Waals surface area (Å²) in [6, 6.07) is 1.85. The van der Waals surface area contributed by atoms with Crippen LogP contribution in [0.15, 0.2) is 10.7 Å². The first-order chi connectivity index (χ1) is 7.39. The summed E-state index contributed by atoms with van der Waals surface area (Å²) in [7, 11) is 0. The van der Waals surface area contributed by atoms with E-state index in [1.54, 1.807) is 0 Å². The highest BCUT2D eigenvalue weighted by Crippen LogP contribution is 2.29. The smallest absolute Gasteiger partial charge is 0.186 e. The fourth-order valence-corrected chi connectivity index (χ4v) is 2.19. The van der Waals surface area contributed by atoms with Crippen molar-refractivity contribution in [2.75, 3.05) is 0 Å². The summed E-state index contributed by atoms with van der Waals surface area (Å²) in [6.07, 6.45) is 0. The molecule has 2 heterocycles. The van der Waals surface area contributed by atoms with Gasteiger partial charge in [0, 0.05) is 11.0 Å². The van der Waals surface area contributed by atoms with Gasteiger partial charge in [0.05, 0.1) is 13.2 Å². The number of fused-ring (bicyclic) bond motifs is 1. The van der Waals surface area contributed by atoms with E-state index in [2.05, 4.69) is 20.9 Å². The fraction of sp³-hybridized carbons (Fsp3) is 0.500. The van der Waals surface area contributed by atoms with Gasteiger partial charge in [0.15, 0.2) is 5.78 Å². The number of hydrogen-bond donors (Lipinski definition) is 0. The summed E-state index contributed by atoms with van der Waals surface area (Å²) in [4.78, 5) is 16.4. The molecule has 0 saturated carbocycles. The summed E-state index contributed by atoms with van der Waals surface area (Å²) < 4.78 is 6.07. The van der Waals surface area contributed by atoms with Crippen LogP contribution in [-0.4, -0.2) is 10.8 Å². The van der Waals surface area contributed by atoms with Crippen LogP contribution in [-0.2, 0) is 18.0 Å². The number of hydrogen-bond acceptors (Lipinski definition) is 3. The summed E-state index contributed by atoms with van der Waals surface area (Å²) in [5.74, 6) is 0.0582. The lowest BCUT2D eigenvalue weighted by molar-refractivity contribution is 0.0852. The molecule has 0 unspecified atom stereocenters. The summed E-state index contributed by atoms with van der Waals surface area (Å²) in [6.45, 7) is 6.84. The van der Waals surface area contributed by atoms with E-state index >= 15 is 0 Å². The van der Waals surface area contributed by atoms with Gasteiger partial charge in [-0.3, -0.25) is 4.79 Å². The standard InChI is InChI=1S/C12H14BrNO2/c1-12(2,3)10(15)9-4-7-5-16-6-8(7)11(13)14-9/h4H,5-6H2,1-3H3. The quantitative estimate of drug-likeness (QED) is 0.587. The zero-order valence-corrected chi connectivity index (χ0v) is 11.2. The number of Topliss-reactive ketones (excluding diaryl/α,β-unsaturated/α-hetero) is 1. The Bertz CT molecular complexity index is 449. The number of carbonyl (C=O) groups excluding carboxylic acids is 1. The van der Waals surface area contributed by atoms with Gasteiger partial charge in [-0.1, -0.05) is 20.8 Å². The van der Waals surface area contributed by atoms with E-state index < -0.39 is 5.41 Å². The normalized spacial score (nSPS) is 15.0. The predicted molar refractivity (Wildman–Crippen MR) is 64.2 cm³/mol. The molecule has 2 rings (SSSR count). The minimum absolute atomic E-state index is 0.0582. The molecule has 4 heteroatoms. The van der Waals surface area contributed by atoms with Gasteiger partial charge in [0.25, 0.3) is 0 Å². The monoisotopic (exact) mass is 283 g/mol. The van der Waals surface area contributed by atoms with E-state index in [1.807, 2.05) is 26.8 Å². The van der Waals surface area contributed by atoms with E-state index in [0.29, 0.717) is 18.9 Å². The second-order valence-electron chi connectivity index (χ2n) is 5.01. The van der Waals surface area contributed by atoms with Gasteiger partial charge in [-0.15, -0.1) is 0 Å². The van der Waals surface area contributed by atoms with Crippen molar-refractivity contribution in [3.8, 4) is 0 Å². The first-order valence-electron chi connectivity index (χ1n) is 5.20. The summed E-state index contributed by atoms with van der Waals surface area (Å²) in [5.41, 5.74) is 2.24. The summed E-state index contributed by atoms with van der Waals surface area (Å²) >= 11 is 3.39. The number of ketones is 1. The van der Waals surface area contributed by atoms with Gasteiger partial charge in [-0.25, -0.2) is 4.98 Å². The number of carbonyl (C=O) groups is 1. The van der Waals surface area contributed by atoms with Crippen molar-refractivity contribution >= 4 is 21.7 Å². The van der Waals surface area contributed by atoms with E-state index in [1.165, 1.54) is 0 Å². The lowest BCUT2D eigenvalue weighted by Crippen LogP contribution is -2.21. The number of aromatic nitrogens is 1. The van der Waals surface area contributed by atoms with Crippen LogP contribution in [0.1, 0.15) is 42.4 Å². The Balaban J connectivity index is 2.45. The van der Waals surface area contributed by atoms with Crippen LogP contribution in [0.25, 0.3) is 0 Å². The van der Waals surface area contributed by atoms with Crippen molar-refractivity contribution < 1.29 is 9.53 Å². The summed E-state index contributed by atoms with van der Waals surface area (Å²) in [5, 5.41) is 0. The molecule has 1 aliphatic rings. The van der Waals surface area contributed by atoms with Crippen molar-refractivity contribution in [2.45, 2.75) is 34.0 Å².